The number of esters is 1. The second kappa shape index (κ2) is 9.47. The van der Waals surface area contributed by atoms with Gasteiger partial charge in [0.2, 0.25) is 11.5 Å². The van der Waals surface area contributed by atoms with E-state index in [0.29, 0.717) is 35.2 Å². The van der Waals surface area contributed by atoms with Crippen molar-refractivity contribution in [1.82, 2.24) is 0 Å². The van der Waals surface area contributed by atoms with Crippen LogP contribution in [0, 0.1) is 0 Å². The van der Waals surface area contributed by atoms with Crippen molar-refractivity contribution in [2.45, 2.75) is 6.92 Å². The van der Waals surface area contributed by atoms with Gasteiger partial charge in [0.25, 0.3) is 0 Å². The molecule has 0 aliphatic rings. The van der Waals surface area contributed by atoms with Gasteiger partial charge in [-0.25, -0.2) is 4.79 Å². The van der Waals surface area contributed by atoms with Crippen molar-refractivity contribution in [1.29, 1.82) is 0 Å². The maximum Gasteiger partial charge on any atom is 0.338 e. The van der Waals surface area contributed by atoms with Gasteiger partial charge in [-0.15, -0.1) is 0 Å². The molecule has 0 unspecified atom stereocenters. The molecule has 7 nitrogen and oxygen atoms in total. The monoisotopic (exact) mass is 374 g/mol. The van der Waals surface area contributed by atoms with E-state index in [4.69, 9.17) is 23.7 Å². The van der Waals surface area contributed by atoms with Crippen LogP contribution in [0.5, 0.6) is 23.0 Å². The zero-order valence-corrected chi connectivity index (χ0v) is 15.7. The Hall–Kier alpha value is -3.22. The summed E-state index contributed by atoms with van der Waals surface area (Å²) in [5.74, 6) is 0.731. The number of methoxy groups -OCH3 is 3. The van der Waals surface area contributed by atoms with Crippen LogP contribution in [0.1, 0.15) is 27.6 Å². The molecule has 0 spiro atoms. The Bertz CT molecular complexity index is 771. The molecular weight excluding hydrogens is 352 g/mol. The van der Waals surface area contributed by atoms with E-state index in [0.717, 1.165) is 0 Å². The lowest BCUT2D eigenvalue weighted by molar-refractivity contribution is 0.0474. The van der Waals surface area contributed by atoms with Crippen LogP contribution >= 0.6 is 0 Å². The van der Waals surface area contributed by atoms with Gasteiger partial charge in [0.15, 0.2) is 18.1 Å². The van der Waals surface area contributed by atoms with Crippen LogP contribution in [-0.4, -0.2) is 46.3 Å². The SMILES string of the molecule is CCOc1ccc(C(=O)OCC(=O)c2cc(OC)c(OC)c(OC)c2)cc1. The Morgan fingerprint density at radius 1 is 0.852 bits per heavy atom. The fourth-order valence-corrected chi connectivity index (χ4v) is 2.39. The molecule has 0 N–H and O–H groups in total. The average Bonchev–Trinajstić information content (AvgIpc) is 2.71. The highest BCUT2D eigenvalue weighted by molar-refractivity contribution is 6.00. The number of rotatable bonds is 9. The van der Waals surface area contributed by atoms with Gasteiger partial charge in [-0.1, -0.05) is 0 Å². The predicted molar refractivity (Wildman–Crippen MR) is 98.3 cm³/mol. The molecule has 0 fully saturated rings. The van der Waals surface area contributed by atoms with Crippen LogP contribution in [0.25, 0.3) is 0 Å². The van der Waals surface area contributed by atoms with Crippen LogP contribution in [0.3, 0.4) is 0 Å². The van der Waals surface area contributed by atoms with Gasteiger partial charge in [0, 0.05) is 5.56 Å². The van der Waals surface area contributed by atoms with Crippen molar-refractivity contribution in [2.75, 3.05) is 34.5 Å². The molecule has 0 radical (unpaired) electrons. The summed E-state index contributed by atoms with van der Waals surface area (Å²) in [6.07, 6.45) is 0. The minimum atomic E-state index is -0.598. The normalized spacial score (nSPS) is 10.1. The van der Waals surface area contributed by atoms with E-state index in [1.54, 1.807) is 24.3 Å². The van der Waals surface area contributed by atoms with Crippen molar-refractivity contribution in [3.63, 3.8) is 0 Å². The number of ether oxygens (including phenoxy) is 5. The molecule has 0 amide bonds. The molecule has 27 heavy (non-hydrogen) atoms. The van der Waals surface area contributed by atoms with E-state index in [1.807, 2.05) is 6.92 Å². The maximum absolute atomic E-state index is 12.4. The smallest absolute Gasteiger partial charge is 0.338 e. The molecule has 0 aliphatic carbocycles. The van der Waals surface area contributed by atoms with Gasteiger partial charge in [-0.3, -0.25) is 4.79 Å². The number of hydrogen-bond donors (Lipinski definition) is 0. The quantitative estimate of drug-likeness (QED) is 0.493. The van der Waals surface area contributed by atoms with Crippen LogP contribution in [-0.2, 0) is 4.74 Å². The van der Waals surface area contributed by atoms with Crippen molar-refractivity contribution >= 4 is 11.8 Å². The summed E-state index contributed by atoms with van der Waals surface area (Å²) in [7, 11) is 4.38. The van der Waals surface area contributed by atoms with Gasteiger partial charge in [0.1, 0.15) is 5.75 Å². The molecular formula is C20H22O7. The topological polar surface area (TPSA) is 80.3 Å². The van der Waals surface area contributed by atoms with Crippen molar-refractivity contribution in [3.8, 4) is 23.0 Å². The Morgan fingerprint density at radius 3 is 1.93 bits per heavy atom. The third-order valence-electron chi connectivity index (χ3n) is 3.72. The van der Waals surface area contributed by atoms with Gasteiger partial charge in [0.05, 0.1) is 33.5 Å². The lowest BCUT2D eigenvalue weighted by atomic mass is 10.1. The number of benzene rings is 2. The van der Waals surface area contributed by atoms with Crippen LogP contribution in [0.4, 0.5) is 0 Å². The fraction of sp³-hybridized carbons (Fsp3) is 0.300. The third kappa shape index (κ3) is 4.91. The Morgan fingerprint density at radius 2 is 1.44 bits per heavy atom. The number of carbonyl (C=O) groups excluding carboxylic acids is 2. The average molecular weight is 374 g/mol. The molecule has 0 atom stereocenters. The van der Waals surface area contributed by atoms with E-state index in [9.17, 15) is 9.59 Å². The third-order valence-corrected chi connectivity index (χ3v) is 3.72. The Kier molecular flexibility index (Phi) is 7.05. The minimum absolute atomic E-state index is 0.281. The second-order valence-corrected chi connectivity index (χ2v) is 5.37. The molecule has 0 aromatic heterocycles. The van der Waals surface area contributed by atoms with Crippen molar-refractivity contribution in [2.24, 2.45) is 0 Å². The van der Waals surface area contributed by atoms with Gasteiger partial charge < -0.3 is 23.7 Å². The number of Topliss-reactive ketones (excluding diaryl/α,β-unsaturated/α-hetero) is 1. The predicted octanol–water partition coefficient (Wildman–Crippen LogP) is 3.15. The molecule has 0 saturated carbocycles. The van der Waals surface area contributed by atoms with Gasteiger partial charge in [-0.05, 0) is 43.3 Å². The molecule has 2 aromatic rings. The zero-order chi connectivity index (χ0) is 19.8. The highest BCUT2D eigenvalue weighted by Gasteiger charge is 2.18. The first-order valence-corrected chi connectivity index (χ1v) is 8.27. The molecule has 7 heteroatoms. The van der Waals surface area contributed by atoms with E-state index in [2.05, 4.69) is 0 Å². The van der Waals surface area contributed by atoms with E-state index in [-0.39, 0.29) is 5.56 Å². The largest absolute Gasteiger partial charge is 0.494 e. The standard InChI is InChI=1S/C20H22O7/c1-5-26-15-8-6-13(7-9-15)20(22)27-12-16(21)14-10-17(23-2)19(25-4)18(11-14)24-3/h6-11H,5,12H2,1-4H3. The lowest BCUT2D eigenvalue weighted by Gasteiger charge is -2.13. The number of carbonyl (C=O) groups is 2. The van der Waals surface area contributed by atoms with Crippen LogP contribution in [0.2, 0.25) is 0 Å². The first-order valence-electron chi connectivity index (χ1n) is 8.27. The molecule has 0 saturated heterocycles. The zero-order valence-electron chi connectivity index (χ0n) is 15.7. The Labute approximate surface area is 157 Å². The summed E-state index contributed by atoms with van der Waals surface area (Å²) in [6.45, 7) is 1.99. The molecule has 2 rings (SSSR count). The summed E-state index contributed by atoms with van der Waals surface area (Å²) in [4.78, 5) is 24.5. The maximum atomic E-state index is 12.4. The first-order chi connectivity index (χ1) is 13.0. The van der Waals surface area contributed by atoms with Gasteiger partial charge in [-0.2, -0.15) is 0 Å². The van der Waals surface area contributed by atoms with Crippen LogP contribution in [0.15, 0.2) is 36.4 Å². The highest BCUT2D eigenvalue weighted by Crippen LogP contribution is 2.38. The molecule has 0 aliphatic heterocycles. The van der Waals surface area contributed by atoms with Crippen molar-refractivity contribution < 1.29 is 33.3 Å². The van der Waals surface area contributed by atoms with E-state index < -0.39 is 18.4 Å². The van der Waals surface area contributed by atoms with E-state index >= 15 is 0 Å². The van der Waals surface area contributed by atoms with E-state index in [1.165, 1.54) is 33.5 Å². The Balaban J connectivity index is 2.07. The van der Waals surface area contributed by atoms with Gasteiger partial charge >= 0.3 is 5.97 Å². The molecule has 2 aromatic carbocycles. The summed E-state index contributed by atoms with van der Waals surface area (Å²) in [5.41, 5.74) is 0.611. The minimum Gasteiger partial charge on any atom is -0.494 e. The lowest BCUT2D eigenvalue weighted by Crippen LogP contribution is -2.14. The second-order valence-electron chi connectivity index (χ2n) is 5.37. The highest BCUT2D eigenvalue weighted by atomic mass is 16.5. The first kappa shape index (κ1) is 20.1. The van der Waals surface area contributed by atoms with Crippen LogP contribution < -0.4 is 18.9 Å². The number of ketones is 1. The summed E-state index contributed by atoms with van der Waals surface area (Å²) >= 11 is 0. The summed E-state index contributed by atoms with van der Waals surface area (Å²) < 4.78 is 26.1. The summed E-state index contributed by atoms with van der Waals surface area (Å²) in [5, 5.41) is 0. The molecule has 144 valence electrons. The van der Waals surface area contributed by atoms with Crippen molar-refractivity contribution in [3.05, 3.63) is 47.5 Å². The fourth-order valence-electron chi connectivity index (χ4n) is 2.39. The molecule has 0 heterocycles. The summed E-state index contributed by atoms with van der Waals surface area (Å²) in [6, 6.07) is 9.51. The molecule has 0 bridgehead atoms. The number of hydrogen-bond acceptors (Lipinski definition) is 7.